The molecule has 0 bridgehead atoms. The summed E-state index contributed by atoms with van der Waals surface area (Å²) in [6.07, 6.45) is 1.43. The molecule has 0 unspecified atom stereocenters. The van der Waals surface area contributed by atoms with Gasteiger partial charge in [0, 0.05) is 30.7 Å². The van der Waals surface area contributed by atoms with E-state index in [1.54, 1.807) is 0 Å². The van der Waals surface area contributed by atoms with Crippen molar-refractivity contribution in [2.24, 2.45) is 0 Å². The van der Waals surface area contributed by atoms with E-state index in [9.17, 15) is 5.11 Å². The average molecular weight is 377 g/mol. The quantitative estimate of drug-likeness (QED) is 0.840. The Hall–Kier alpha value is -1.82. The molecule has 1 aromatic heterocycles. The summed E-state index contributed by atoms with van der Waals surface area (Å²) in [5.74, 6) is 1.90. The summed E-state index contributed by atoms with van der Waals surface area (Å²) in [6, 6.07) is 9.95. The van der Waals surface area contributed by atoms with Crippen molar-refractivity contribution in [2.45, 2.75) is 20.0 Å². The van der Waals surface area contributed by atoms with Crippen LogP contribution in [0.15, 0.2) is 36.5 Å². The lowest BCUT2D eigenvalue weighted by atomic mass is 10.1. The van der Waals surface area contributed by atoms with Gasteiger partial charge in [-0.15, -0.1) is 0 Å². The molecular formula is C20H27ClN3O2+. The van der Waals surface area contributed by atoms with E-state index in [4.69, 9.17) is 16.3 Å². The third-order valence-electron chi connectivity index (χ3n) is 4.73. The van der Waals surface area contributed by atoms with Crippen molar-refractivity contribution in [1.29, 1.82) is 0 Å². The summed E-state index contributed by atoms with van der Waals surface area (Å²) in [5.41, 5.74) is 1.98. The van der Waals surface area contributed by atoms with Gasteiger partial charge in [0.2, 0.25) is 0 Å². The second-order valence-electron chi connectivity index (χ2n) is 6.87. The molecule has 6 heteroatoms. The fourth-order valence-electron chi connectivity index (χ4n) is 3.28. The molecule has 1 aromatic carbocycles. The van der Waals surface area contributed by atoms with Crippen LogP contribution in [0.4, 0.5) is 5.82 Å². The number of aromatic amines is 1. The van der Waals surface area contributed by atoms with E-state index in [1.807, 2.05) is 44.3 Å². The number of aliphatic hydroxyl groups is 1. The minimum Gasteiger partial charge on any atom is -0.491 e. The molecule has 26 heavy (non-hydrogen) atoms. The molecule has 0 aliphatic carbocycles. The summed E-state index contributed by atoms with van der Waals surface area (Å²) in [4.78, 5) is 7.89. The molecule has 1 aliphatic rings. The van der Waals surface area contributed by atoms with Crippen LogP contribution < -0.4 is 14.6 Å². The fraction of sp³-hybridized carbons (Fsp3) is 0.450. The Morgan fingerprint density at radius 3 is 2.46 bits per heavy atom. The van der Waals surface area contributed by atoms with Gasteiger partial charge in [-0.05, 0) is 43.2 Å². The number of aryl methyl sites for hydroxylation is 2. The van der Waals surface area contributed by atoms with Crippen LogP contribution in [0.25, 0.3) is 0 Å². The van der Waals surface area contributed by atoms with Crippen molar-refractivity contribution in [2.75, 3.05) is 44.2 Å². The second-order valence-corrected chi connectivity index (χ2v) is 7.25. The number of hydrogen-bond acceptors (Lipinski definition) is 4. The van der Waals surface area contributed by atoms with Gasteiger partial charge in [0.05, 0.1) is 19.3 Å². The van der Waals surface area contributed by atoms with E-state index < -0.39 is 6.10 Å². The predicted octanol–water partition coefficient (Wildman–Crippen LogP) is 2.33. The van der Waals surface area contributed by atoms with Crippen LogP contribution in [0, 0.1) is 13.8 Å². The minimum atomic E-state index is -0.513. The average Bonchev–Trinajstić information content (AvgIpc) is 2.65. The maximum absolute atomic E-state index is 10.3. The van der Waals surface area contributed by atoms with Crippen molar-refractivity contribution in [1.82, 2.24) is 4.90 Å². The first kappa shape index (κ1) is 19.0. The van der Waals surface area contributed by atoms with Crippen LogP contribution in [0.1, 0.15) is 11.1 Å². The molecule has 1 saturated heterocycles. The topological polar surface area (TPSA) is 50.1 Å². The SMILES string of the molecule is Cc1cc(OC[C@H](O)CN2CCN(c3cccc[nH+]3)CC2)cc(C)c1Cl. The normalized spacial score (nSPS) is 16.5. The van der Waals surface area contributed by atoms with Crippen molar-refractivity contribution in [3.05, 3.63) is 52.7 Å². The molecule has 2 heterocycles. The lowest BCUT2D eigenvalue weighted by Crippen LogP contribution is -2.50. The van der Waals surface area contributed by atoms with Gasteiger partial charge in [-0.25, -0.2) is 4.98 Å². The Bertz CT molecular complexity index is 695. The Labute approximate surface area is 160 Å². The number of β-amino-alcohol motifs (C(OH)–C–C–N with tert-alkyl or cyclic N) is 1. The molecule has 1 atom stereocenters. The summed E-state index contributed by atoms with van der Waals surface area (Å²) in [5, 5.41) is 11.1. The number of pyridine rings is 1. The van der Waals surface area contributed by atoms with E-state index in [1.165, 1.54) is 0 Å². The minimum absolute atomic E-state index is 0.285. The number of aliphatic hydroxyl groups excluding tert-OH is 1. The number of halogens is 1. The monoisotopic (exact) mass is 376 g/mol. The van der Waals surface area contributed by atoms with Crippen LogP contribution in [-0.2, 0) is 0 Å². The number of aromatic nitrogens is 1. The van der Waals surface area contributed by atoms with Crippen molar-refractivity contribution >= 4 is 17.4 Å². The van der Waals surface area contributed by atoms with E-state index in [-0.39, 0.29) is 6.61 Å². The fourth-order valence-corrected chi connectivity index (χ4v) is 3.39. The Kier molecular flexibility index (Phi) is 6.35. The van der Waals surface area contributed by atoms with Gasteiger partial charge in [0.1, 0.15) is 18.5 Å². The van der Waals surface area contributed by atoms with Gasteiger partial charge in [-0.3, -0.25) is 9.80 Å². The zero-order valence-electron chi connectivity index (χ0n) is 15.4. The van der Waals surface area contributed by atoms with Gasteiger partial charge in [0.25, 0.3) is 5.82 Å². The van der Waals surface area contributed by atoms with Gasteiger partial charge >= 0.3 is 0 Å². The predicted molar refractivity (Wildman–Crippen MR) is 104 cm³/mol. The van der Waals surface area contributed by atoms with Crippen LogP contribution in [0.2, 0.25) is 5.02 Å². The lowest BCUT2D eigenvalue weighted by Gasteiger charge is -2.32. The van der Waals surface area contributed by atoms with E-state index in [2.05, 4.69) is 20.9 Å². The first-order valence-corrected chi connectivity index (χ1v) is 9.42. The molecule has 140 valence electrons. The summed E-state index contributed by atoms with van der Waals surface area (Å²) in [7, 11) is 0. The van der Waals surface area contributed by atoms with Crippen molar-refractivity contribution in [3.8, 4) is 5.75 Å². The highest BCUT2D eigenvalue weighted by molar-refractivity contribution is 6.32. The smallest absolute Gasteiger partial charge is 0.274 e. The van der Waals surface area contributed by atoms with Crippen LogP contribution in [0.5, 0.6) is 5.75 Å². The number of rotatable bonds is 6. The highest BCUT2D eigenvalue weighted by atomic mass is 35.5. The molecular weight excluding hydrogens is 350 g/mol. The number of hydrogen-bond donors (Lipinski definition) is 1. The van der Waals surface area contributed by atoms with Crippen molar-refractivity contribution in [3.63, 3.8) is 0 Å². The Morgan fingerprint density at radius 1 is 1.15 bits per heavy atom. The highest BCUT2D eigenvalue weighted by Gasteiger charge is 2.24. The Morgan fingerprint density at radius 2 is 1.85 bits per heavy atom. The number of H-pyrrole nitrogens is 1. The first-order chi connectivity index (χ1) is 12.5. The van der Waals surface area contributed by atoms with Gasteiger partial charge in [-0.2, -0.15) is 0 Å². The van der Waals surface area contributed by atoms with Crippen LogP contribution in [-0.4, -0.2) is 55.4 Å². The Balaban J connectivity index is 1.44. The maximum atomic E-state index is 10.3. The number of benzene rings is 1. The molecule has 3 rings (SSSR count). The number of nitrogens with zero attached hydrogens (tertiary/aromatic N) is 2. The van der Waals surface area contributed by atoms with Crippen LogP contribution in [0.3, 0.4) is 0 Å². The number of piperazine rings is 1. The zero-order valence-corrected chi connectivity index (χ0v) is 16.2. The summed E-state index contributed by atoms with van der Waals surface area (Å²) in [6.45, 7) is 8.58. The summed E-state index contributed by atoms with van der Waals surface area (Å²) >= 11 is 6.18. The molecule has 0 amide bonds. The van der Waals surface area contributed by atoms with E-state index in [0.29, 0.717) is 6.54 Å². The van der Waals surface area contributed by atoms with E-state index >= 15 is 0 Å². The molecule has 5 nitrogen and oxygen atoms in total. The van der Waals surface area contributed by atoms with Gasteiger partial charge in [-0.1, -0.05) is 17.7 Å². The number of nitrogens with one attached hydrogen (secondary N) is 1. The lowest BCUT2D eigenvalue weighted by molar-refractivity contribution is -0.364. The second kappa shape index (κ2) is 8.71. The molecule has 1 fully saturated rings. The van der Waals surface area contributed by atoms with Crippen LogP contribution >= 0.6 is 11.6 Å². The molecule has 0 spiro atoms. The van der Waals surface area contributed by atoms with Gasteiger partial charge in [0.15, 0.2) is 0 Å². The number of ether oxygens (including phenoxy) is 1. The molecule has 1 aliphatic heterocycles. The molecule has 2 aromatic rings. The summed E-state index contributed by atoms with van der Waals surface area (Å²) < 4.78 is 5.77. The number of anilines is 1. The maximum Gasteiger partial charge on any atom is 0.274 e. The standard InChI is InChI=1S/C20H26ClN3O2/c1-15-11-18(12-16(2)20(15)21)26-14-17(25)13-23-7-9-24(10-8-23)19-5-3-4-6-22-19/h3-6,11-12,17,25H,7-10,13-14H2,1-2H3/p+1/t17-/m1/s1. The molecule has 0 saturated carbocycles. The third-order valence-corrected chi connectivity index (χ3v) is 5.32. The van der Waals surface area contributed by atoms with Gasteiger partial charge < -0.3 is 9.84 Å². The first-order valence-electron chi connectivity index (χ1n) is 9.04. The zero-order chi connectivity index (χ0) is 18.5. The molecule has 2 N–H and O–H groups in total. The van der Waals surface area contributed by atoms with E-state index in [0.717, 1.165) is 53.9 Å². The highest BCUT2D eigenvalue weighted by Crippen LogP contribution is 2.25. The third kappa shape index (κ3) is 4.87. The molecule has 0 radical (unpaired) electrons. The van der Waals surface area contributed by atoms with Crippen molar-refractivity contribution < 1.29 is 14.8 Å². The largest absolute Gasteiger partial charge is 0.491 e.